The molecule has 7 heteroatoms. The van der Waals surface area contributed by atoms with Crippen LogP contribution in [0, 0.1) is 13.8 Å². The quantitative estimate of drug-likeness (QED) is 0.385. The smallest absolute Gasteiger partial charge is 0.229 e. The van der Waals surface area contributed by atoms with Crippen molar-refractivity contribution >= 4 is 29.0 Å². The second kappa shape index (κ2) is 8.51. The van der Waals surface area contributed by atoms with Crippen molar-refractivity contribution in [2.45, 2.75) is 26.8 Å². The van der Waals surface area contributed by atoms with Gasteiger partial charge in [0.15, 0.2) is 0 Å². The zero-order valence-corrected chi connectivity index (χ0v) is 17.6. The molecule has 2 aromatic carbocycles. The number of rotatable bonds is 5. The molecule has 1 aliphatic rings. The van der Waals surface area contributed by atoms with E-state index in [0.717, 1.165) is 42.0 Å². The van der Waals surface area contributed by atoms with Gasteiger partial charge in [-0.3, -0.25) is 0 Å². The van der Waals surface area contributed by atoms with Crippen molar-refractivity contribution in [3.8, 4) is 0 Å². The number of anilines is 3. The number of aromatic nitrogens is 2. The Hall–Kier alpha value is -3.45. The number of para-hydroxylation sites is 1. The van der Waals surface area contributed by atoms with Crippen molar-refractivity contribution < 1.29 is 0 Å². The van der Waals surface area contributed by atoms with Gasteiger partial charge in [0.05, 0.1) is 11.3 Å². The highest BCUT2D eigenvalue weighted by atomic mass is 15.1. The first-order chi connectivity index (χ1) is 14.5. The van der Waals surface area contributed by atoms with Crippen LogP contribution in [0.4, 0.5) is 23.1 Å². The molecule has 0 radical (unpaired) electrons. The summed E-state index contributed by atoms with van der Waals surface area (Å²) in [5, 5.41) is 9.80. The SMILES string of the molecule is CNc1nc(Nc2ccc3c(c2)CNCC3)ncc1C(N)=Nc1c(C)cccc1C. The molecule has 0 bridgehead atoms. The summed E-state index contributed by atoms with van der Waals surface area (Å²) in [4.78, 5) is 13.7. The fourth-order valence-electron chi connectivity index (χ4n) is 3.67. The monoisotopic (exact) mass is 401 g/mol. The Balaban J connectivity index is 1.61. The fraction of sp³-hybridized carbons (Fsp3) is 0.261. The van der Waals surface area contributed by atoms with Crippen molar-refractivity contribution in [3.05, 3.63) is 70.4 Å². The lowest BCUT2D eigenvalue weighted by molar-refractivity contribution is 0.644. The molecule has 0 aliphatic carbocycles. The van der Waals surface area contributed by atoms with Gasteiger partial charge in [0.2, 0.25) is 5.95 Å². The Bertz CT molecular complexity index is 1080. The van der Waals surface area contributed by atoms with E-state index in [1.807, 2.05) is 39.1 Å². The third kappa shape index (κ3) is 4.11. The number of nitrogens with one attached hydrogen (secondary N) is 3. The van der Waals surface area contributed by atoms with Crippen molar-refractivity contribution in [1.82, 2.24) is 15.3 Å². The first-order valence-corrected chi connectivity index (χ1v) is 10.1. The van der Waals surface area contributed by atoms with E-state index in [-0.39, 0.29) is 0 Å². The Labute approximate surface area is 176 Å². The molecular weight excluding hydrogens is 374 g/mol. The first kappa shape index (κ1) is 19.8. The largest absolute Gasteiger partial charge is 0.383 e. The van der Waals surface area contributed by atoms with Crippen LogP contribution in [0.1, 0.15) is 27.8 Å². The first-order valence-electron chi connectivity index (χ1n) is 10.1. The third-order valence-corrected chi connectivity index (χ3v) is 5.32. The van der Waals surface area contributed by atoms with Crippen molar-refractivity contribution in [1.29, 1.82) is 0 Å². The maximum atomic E-state index is 6.32. The van der Waals surface area contributed by atoms with E-state index in [9.17, 15) is 0 Å². The molecule has 4 rings (SSSR count). The lowest BCUT2D eigenvalue weighted by Crippen LogP contribution is -2.23. The number of hydrogen-bond acceptors (Lipinski definition) is 6. The standard InChI is InChI=1S/C23H27N7/c1-14-5-4-6-15(2)20(14)29-21(24)19-13-27-23(30-22(19)25-3)28-18-8-7-16-9-10-26-12-17(16)11-18/h4-8,11,13,26H,9-10,12H2,1-3H3,(H2,24,29)(H2,25,27,28,30). The highest BCUT2D eigenvalue weighted by molar-refractivity contribution is 6.03. The second-order valence-electron chi connectivity index (χ2n) is 7.48. The zero-order valence-electron chi connectivity index (χ0n) is 17.6. The van der Waals surface area contributed by atoms with Gasteiger partial charge in [0, 0.05) is 25.5 Å². The van der Waals surface area contributed by atoms with Gasteiger partial charge in [-0.2, -0.15) is 4.98 Å². The summed E-state index contributed by atoms with van der Waals surface area (Å²) in [6, 6.07) is 12.4. The summed E-state index contributed by atoms with van der Waals surface area (Å²) in [5.41, 5.74) is 13.7. The van der Waals surface area contributed by atoms with Crippen LogP contribution in [-0.4, -0.2) is 29.4 Å². The summed E-state index contributed by atoms with van der Waals surface area (Å²) in [5.74, 6) is 1.51. The van der Waals surface area contributed by atoms with Crippen LogP contribution < -0.4 is 21.7 Å². The summed E-state index contributed by atoms with van der Waals surface area (Å²) < 4.78 is 0. The average Bonchev–Trinajstić information content (AvgIpc) is 2.76. The van der Waals surface area contributed by atoms with Gasteiger partial charge in [-0.15, -0.1) is 0 Å². The molecule has 2 heterocycles. The number of hydrogen-bond donors (Lipinski definition) is 4. The molecule has 0 spiro atoms. The van der Waals surface area contributed by atoms with Crippen molar-refractivity contribution in [2.24, 2.45) is 10.7 Å². The molecular formula is C23H27N7. The minimum Gasteiger partial charge on any atom is -0.383 e. The van der Waals surface area contributed by atoms with Gasteiger partial charge >= 0.3 is 0 Å². The molecule has 5 N–H and O–H groups in total. The molecule has 7 nitrogen and oxygen atoms in total. The van der Waals surface area contributed by atoms with Crippen LogP contribution in [0.2, 0.25) is 0 Å². The highest BCUT2D eigenvalue weighted by Crippen LogP contribution is 2.25. The van der Waals surface area contributed by atoms with E-state index in [4.69, 9.17) is 5.73 Å². The number of benzene rings is 2. The van der Waals surface area contributed by atoms with E-state index in [1.165, 1.54) is 11.1 Å². The van der Waals surface area contributed by atoms with E-state index in [0.29, 0.717) is 23.2 Å². The molecule has 0 fully saturated rings. The van der Waals surface area contributed by atoms with Gasteiger partial charge in [-0.25, -0.2) is 9.98 Å². The number of nitrogens with zero attached hydrogens (tertiary/aromatic N) is 3. The maximum Gasteiger partial charge on any atom is 0.229 e. The van der Waals surface area contributed by atoms with E-state index < -0.39 is 0 Å². The van der Waals surface area contributed by atoms with Crippen LogP contribution in [0.5, 0.6) is 0 Å². The Morgan fingerprint density at radius 3 is 2.70 bits per heavy atom. The average molecular weight is 402 g/mol. The number of aliphatic imine (C=N–C) groups is 1. The number of amidine groups is 1. The van der Waals surface area contributed by atoms with Gasteiger partial charge in [-0.1, -0.05) is 24.3 Å². The minimum absolute atomic E-state index is 0.378. The van der Waals surface area contributed by atoms with Crippen molar-refractivity contribution in [2.75, 3.05) is 24.2 Å². The number of aryl methyl sites for hydroxylation is 2. The normalized spacial score (nSPS) is 13.6. The van der Waals surface area contributed by atoms with Crippen molar-refractivity contribution in [3.63, 3.8) is 0 Å². The van der Waals surface area contributed by atoms with Gasteiger partial charge < -0.3 is 21.7 Å². The van der Waals surface area contributed by atoms with E-state index >= 15 is 0 Å². The number of nitrogens with two attached hydrogens (primary N) is 1. The molecule has 154 valence electrons. The number of fused-ring (bicyclic) bond motifs is 1. The molecule has 0 atom stereocenters. The summed E-state index contributed by atoms with van der Waals surface area (Å²) >= 11 is 0. The third-order valence-electron chi connectivity index (χ3n) is 5.32. The lowest BCUT2D eigenvalue weighted by Gasteiger charge is -2.18. The van der Waals surface area contributed by atoms with Crippen LogP contribution in [0.15, 0.2) is 47.6 Å². The van der Waals surface area contributed by atoms with Gasteiger partial charge in [-0.05, 0) is 61.2 Å². The molecule has 0 saturated carbocycles. The molecule has 1 aromatic heterocycles. The topological polar surface area (TPSA) is 100 Å². The summed E-state index contributed by atoms with van der Waals surface area (Å²) in [7, 11) is 1.81. The summed E-state index contributed by atoms with van der Waals surface area (Å²) in [6.45, 7) is 5.96. The Morgan fingerprint density at radius 1 is 1.13 bits per heavy atom. The lowest BCUT2D eigenvalue weighted by atomic mass is 10.0. The van der Waals surface area contributed by atoms with Crippen LogP contribution in [-0.2, 0) is 13.0 Å². The Morgan fingerprint density at radius 2 is 1.93 bits per heavy atom. The fourth-order valence-corrected chi connectivity index (χ4v) is 3.67. The minimum atomic E-state index is 0.378. The van der Waals surface area contributed by atoms with E-state index in [2.05, 4.69) is 49.1 Å². The predicted molar refractivity (Wildman–Crippen MR) is 123 cm³/mol. The highest BCUT2D eigenvalue weighted by Gasteiger charge is 2.13. The molecule has 0 unspecified atom stereocenters. The molecule has 0 amide bonds. The predicted octanol–water partition coefficient (Wildman–Crippen LogP) is 3.56. The maximum absolute atomic E-state index is 6.32. The molecule has 0 saturated heterocycles. The Kier molecular flexibility index (Phi) is 5.63. The second-order valence-corrected chi connectivity index (χ2v) is 7.48. The molecule has 30 heavy (non-hydrogen) atoms. The van der Waals surface area contributed by atoms with Gasteiger partial charge in [0.25, 0.3) is 0 Å². The van der Waals surface area contributed by atoms with Crippen LogP contribution in [0.25, 0.3) is 0 Å². The zero-order chi connectivity index (χ0) is 21.1. The van der Waals surface area contributed by atoms with Crippen LogP contribution in [0.3, 0.4) is 0 Å². The molecule has 3 aromatic rings. The van der Waals surface area contributed by atoms with E-state index in [1.54, 1.807) is 6.20 Å². The van der Waals surface area contributed by atoms with Gasteiger partial charge in [0.1, 0.15) is 11.7 Å². The summed E-state index contributed by atoms with van der Waals surface area (Å²) in [6.07, 6.45) is 2.76. The van der Waals surface area contributed by atoms with Crippen LogP contribution >= 0.6 is 0 Å². The molecule has 1 aliphatic heterocycles.